The average Bonchev–Trinajstić information content (AvgIpc) is 3.30. The van der Waals surface area contributed by atoms with Crippen LogP contribution >= 0.6 is 11.3 Å². The number of likely N-dealkylation sites (tertiary alicyclic amines) is 1. The molecule has 0 bridgehead atoms. The van der Waals surface area contributed by atoms with E-state index < -0.39 is 11.9 Å². The lowest BCUT2D eigenvalue weighted by Crippen LogP contribution is -2.44. The molecule has 7 nitrogen and oxygen atoms in total. The summed E-state index contributed by atoms with van der Waals surface area (Å²) in [4.78, 5) is 37.6. The van der Waals surface area contributed by atoms with Gasteiger partial charge in [0.1, 0.15) is 17.0 Å². The van der Waals surface area contributed by atoms with Gasteiger partial charge in [-0.25, -0.2) is 9.97 Å². The van der Waals surface area contributed by atoms with Crippen molar-refractivity contribution in [2.45, 2.75) is 19.3 Å². The molecule has 8 heteroatoms. The molecule has 0 spiro atoms. The molecular weight excluding hydrogens is 340 g/mol. The topological polar surface area (TPSA) is 86.6 Å². The summed E-state index contributed by atoms with van der Waals surface area (Å²) in [6.45, 7) is 2.40. The van der Waals surface area contributed by atoms with Crippen LogP contribution in [0, 0.1) is 11.8 Å². The van der Waals surface area contributed by atoms with Crippen LogP contribution in [0.1, 0.15) is 19.3 Å². The third kappa shape index (κ3) is 3.06. The number of carboxylic acid groups (broad SMARTS) is 1. The van der Waals surface area contributed by atoms with Crippen molar-refractivity contribution in [1.82, 2.24) is 14.9 Å². The zero-order valence-corrected chi connectivity index (χ0v) is 14.6. The van der Waals surface area contributed by atoms with Gasteiger partial charge in [0.25, 0.3) is 0 Å². The van der Waals surface area contributed by atoms with Crippen LogP contribution in [0.4, 0.5) is 5.82 Å². The predicted octanol–water partition coefficient (Wildman–Crippen LogP) is 1.84. The molecule has 0 aliphatic carbocycles. The van der Waals surface area contributed by atoms with E-state index in [1.807, 2.05) is 11.4 Å². The smallest absolute Gasteiger partial charge is 0.308 e. The molecule has 132 valence electrons. The number of carbonyl (C=O) groups excluding carboxylic acids is 1. The minimum absolute atomic E-state index is 0.0871. The van der Waals surface area contributed by atoms with E-state index in [4.69, 9.17) is 5.11 Å². The highest BCUT2D eigenvalue weighted by atomic mass is 32.1. The van der Waals surface area contributed by atoms with Crippen LogP contribution in [0.2, 0.25) is 0 Å². The Bertz CT molecular complexity index is 808. The molecule has 2 fully saturated rings. The van der Waals surface area contributed by atoms with Gasteiger partial charge in [-0.15, -0.1) is 11.3 Å². The largest absolute Gasteiger partial charge is 0.481 e. The fourth-order valence-electron chi connectivity index (χ4n) is 3.82. The second kappa shape index (κ2) is 6.59. The molecule has 2 aliphatic heterocycles. The van der Waals surface area contributed by atoms with Crippen LogP contribution in [-0.4, -0.2) is 58.0 Å². The lowest BCUT2D eigenvalue weighted by molar-refractivity contribution is -0.141. The van der Waals surface area contributed by atoms with E-state index >= 15 is 0 Å². The first-order valence-electron chi connectivity index (χ1n) is 8.58. The Labute approximate surface area is 149 Å². The van der Waals surface area contributed by atoms with E-state index in [1.165, 1.54) is 0 Å². The zero-order valence-electron chi connectivity index (χ0n) is 13.8. The molecule has 0 radical (unpaired) electrons. The Morgan fingerprint density at radius 1 is 1.16 bits per heavy atom. The average molecular weight is 360 g/mol. The van der Waals surface area contributed by atoms with Crippen molar-refractivity contribution in [3.8, 4) is 0 Å². The number of rotatable bonds is 3. The Hall–Kier alpha value is -2.22. The fourth-order valence-corrected chi connectivity index (χ4v) is 4.55. The van der Waals surface area contributed by atoms with Crippen LogP contribution in [0.5, 0.6) is 0 Å². The maximum absolute atomic E-state index is 12.8. The molecule has 0 saturated carbocycles. The maximum atomic E-state index is 12.8. The molecule has 2 aromatic heterocycles. The summed E-state index contributed by atoms with van der Waals surface area (Å²) >= 11 is 1.59. The number of amides is 1. The lowest BCUT2D eigenvalue weighted by atomic mass is 9.96. The SMILES string of the molecule is O=C(O)[C@H]1CCN(C(=O)[C@H]2CCCN(c3ncnc4sccc34)C2)C1. The van der Waals surface area contributed by atoms with E-state index in [0.717, 1.165) is 35.4 Å². The van der Waals surface area contributed by atoms with Gasteiger partial charge in [0, 0.05) is 26.2 Å². The van der Waals surface area contributed by atoms with Crippen LogP contribution in [0.3, 0.4) is 0 Å². The van der Waals surface area contributed by atoms with E-state index in [2.05, 4.69) is 14.9 Å². The summed E-state index contributed by atoms with van der Waals surface area (Å²) in [6.07, 6.45) is 3.92. The van der Waals surface area contributed by atoms with Crippen LogP contribution in [0.15, 0.2) is 17.8 Å². The number of aromatic nitrogens is 2. The summed E-state index contributed by atoms with van der Waals surface area (Å²) in [6, 6.07) is 2.03. The van der Waals surface area contributed by atoms with Crippen molar-refractivity contribution in [3.63, 3.8) is 0 Å². The van der Waals surface area contributed by atoms with Gasteiger partial charge in [-0.2, -0.15) is 0 Å². The van der Waals surface area contributed by atoms with Gasteiger partial charge >= 0.3 is 5.97 Å². The Balaban J connectivity index is 1.49. The predicted molar refractivity (Wildman–Crippen MR) is 94.7 cm³/mol. The van der Waals surface area contributed by atoms with Crippen molar-refractivity contribution in [2.24, 2.45) is 11.8 Å². The number of aliphatic carboxylic acids is 1. The second-order valence-corrected chi connectivity index (χ2v) is 7.62. The molecular formula is C17H20N4O3S. The summed E-state index contributed by atoms with van der Waals surface area (Å²) in [5.41, 5.74) is 0. The van der Waals surface area contributed by atoms with Crippen molar-refractivity contribution >= 4 is 39.2 Å². The van der Waals surface area contributed by atoms with E-state index in [1.54, 1.807) is 22.6 Å². The second-order valence-electron chi connectivity index (χ2n) is 6.73. The minimum atomic E-state index is -0.804. The number of fused-ring (bicyclic) bond motifs is 1. The van der Waals surface area contributed by atoms with Gasteiger partial charge in [-0.1, -0.05) is 0 Å². The highest BCUT2D eigenvalue weighted by Crippen LogP contribution is 2.31. The highest BCUT2D eigenvalue weighted by molar-refractivity contribution is 7.16. The Morgan fingerprint density at radius 3 is 2.84 bits per heavy atom. The van der Waals surface area contributed by atoms with Gasteiger partial charge in [-0.05, 0) is 30.7 Å². The zero-order chi connectivity index (χ0) is 17.4. The number of carboxylic acids is 1. The van der Waals surface area contributed by atoms with Gasteiger partial charge < -0.3 is 14.9 Å². The van der Waals surface area contributed by atoms with Crippen molar-refractivity contribution < 1.29 is 14.7 Å². The Kier molecular flexibility index (Phi) is 4.29. The number of hydrogen-bond acceptors (Lipinski definition) is 6. The van der Waals surface area contributed by atoms with Crippen molar-refractivity contribution in [1.29, 1.82) is 0 Å². The van der Waals surface area contributed by atoms with Gasteiger partial charge in [0.2, 0.25) is 5.91 Å². The van der Waals surface area contributed by atoms with Gasteiger partial charge in [-0.3, -0.25) is 9.59 Å². The maximum Gasteiger partial charge on any atom is 0.308 e. The molecule has 4 rings (SSSR count). The molecule has 0 unspecified atom stereocenters. The molecule has 2 atom stereocenters. The number of thiophene rings is 1. The van der Waals surface area contributed by atoms with E-state index in [0.29, 0.717) is 26.1 Å². The molecule has 4 heterocycles. The number of nitrogens with zero attached hydrogens (tertiary/aromatic N) is 4. The van der Waals surface area contributed by atoms with Crippen LogP contribution in [-0.2, 0) is 9.59 Å². The van der Waals surface area contributed by atoms with E-state index in [9.17, 15) is 9.59 Å². The first kappa shape index (κ1) is 16.3. The summed E-state index contributed by atoms with van der Waals surface area (Å²) in [5, 5.41) is 12.2. The number of piperidine rings is 1. The summed E-state index contributed by atoms with van der Waals surface area (Å²) in [5.74, 6) is -0.333. The first-order chi connectivity index (χ1) is 12.1. The number of anilines is 1. The number of carbonyl (C=O) groups is 2. The summed E-state index contributed by atoms with van der Waals surface area (Å²) in [7, 11) is 0. The molecule has 2 saturated heterocycles. The lowest BCUT2D eigenvalue weighted by Gasteiger charge is -2.34. The standard InChI is InChI=1S/C17H20N4O3S/c22-16(21-6-3-12(9-21)17(23)24)11-2-1-5-20(8-11)14-13-4-7-25-15(13)19-10-18-14/h4,7,10-12H,1-3,5-6,8-9H2,(H,23,24)/t11-,12-/m0/s1. The van der Waals surface area contributed by atoms with Crippen molar-refractivity contribution in [3.05, 3.63) is 17.8 Å². The fraction of sp³-hybridized carbons (Fsp3) is 0.529. The first-order valence-corrected chi connectivity index (χ1v) is 9.46. The van der Waals surface area contributed by atoms with Crippen LogP contribution in [0.25, 0.3) is 10.2 Å². The third-order valence-electron chi connectivity index (χ3n) is 5.16. The highest BCUT2D eigenvalue weighted by Gasteiger charge is 2.36. The normalized spacial score (nSPS) is 24.0. The minimum Gasteiger partial charge on any atom is -0.481 e. The Morgan fingerprint density at radius 2 is 2.04 bits per heavy atom. The summed E-state index contributed by atoms with van der Waals surface area (Å²) < 4.78 is 0. The molecule has 0 aromatic carbocycles. The monoisotopic (exact) mass is 360 g/mol. The number of hydrogen-bond donors (Lipinski definition) is 1. The molecule has 1 N–H and O–H groups in total. The molecule has 25 heavy (non-hydrogen) atoms. The molecule has 1 amide bonds. The van der Waals surface area contributed by atoms with Crippen molar-refractivity contribution in [2.75, 3.05) is 31.1 Å². The third-order valence-corrected chi connectivity index (χ3v) is 5.98. The molecule has 2 aliphatic rings. The quantitative estimate of drug-likeness (QED) is 0.899. The van der Waals surface area contributed by atoms with Gasteiger partial charge in [0.15, 0.2) is 0 Å². The molecule has 2 aromatic rings. The van der Waals surface area contributed by atoms with Crippen LogP contribution < -0.4 is 4.90 Å². The van der Waals surface area contributed by atoms with E-state index in [-0.39, 0.29) is 11.8 Å². The van der Waals surface area contributed by atoms with Gasteiger partial charge in [0.05, 0.1) is 17.2 Å².